The van der Waals surface area contributed by atoms with Crippen LogP contribution in [0.3, 0.4) is 0 Å². The van der Waals surface area contributed by atoms with E-state index in [4.69, 9.17) is 9.47 Å². The fourth-order valence-corrected chi connectivity index (χ4v) is 1.87. The molecule has 2 rings (SSSR count). The third-order valence-corrected chi connectivity index (χ3v) is 2.76. The molecule has 1 aromatic carbocycles. The Bertz CT molecular complexity index is 566. The van der Waals surface area contributed by atoms with Crippen molar-refractivity contribution in [3.63, 3.8) is 0 Å². The van der Waals surface area contributed by atoms with Crippen molar-refractivity contribution in [2.75, 3.05) is 20.3 Å². The zero-order chi connectivity index (χ0) is 14.4. The smallest absolute Gasteiger partial charge is 0.361 e. The molecule has 0 radical (unpaired) electrons. The predicted molar refractivity (Wildman–Crippen MR) is 73.3 cm³/mol. The maximum atomic E-state index is 12.0. The van der Waals surface area contributed by atoms with Gasteiger partial charge in [-0.05, 0) is 6.92 Å². The van der Waals surface area contributed by atoms with Crippen LogP contribution in [0.25, 0.3) is 11.3 Å². The summed E-state index contributed by atoms with van der Waals surface area (Å²) in [6.07, 6.45) is 0. The van der Waals surface area contributed by atoms with Crippen molar-refractivity contribution >= 4 is 5.97 Å². The lowest BCUT2D eigenvalue weighted by molar-refractivity contribution is 0.0520. The molecule has 0 N–H and O–H groups in total. The monoisotopic (exact) mass is 275 g/mol. The molecular weight excluding hydrogens is 258 g/mol. The number of benzene rings is 1. The van der Waals surface area contributed by atoms with Gasteiger partial charge in [-0.3, -0.25) is 0 Å². The van der Waals surface area contributed by atoms with Crippen molar-refractivity contribution < 1.29 is 14.3 Å². The van der Waals surface area contributed by atoms with Crippen LogP contribution >= 0.6 is 0 Å². The predicted octanol–water partition coefficient (Wildman–Crippen LogP) is 1.77. The third kappa shape index (κ3) is 3.03. The van der Waals surface area contributed by atoms with Crippen LogP contribution < -0.4 is 0 Å². The number of rotatable bonds is 6. The Morgan fingerprint density at radius 2 is 2.05 bits per heavy atom. The van der Waals surface area contributed by atoms with Gasteiger partial charge in [-0.1, -0.05) is 35.5 Å². The second-order valence-corrected chi connectivity index (χ2v) is 4.09. The normalized spacial score (nSPS) is 10.5. The summed E-state index contributed by atoms with van der Waals surface area (Å²) in [6.45, 7) is 3.08. The molecule has 0 atom stereocenters. The first-order valence-corrected chi connectivity index (χ1v) is 6.43. The Labute approximate surface area is 117 Å². The van der Waals surface area contributed by atoms with E-state index >= 15 is 0 Å². The van der Waals surface area contributed by atoms with E-state index in [1.165, 1.54) is 0 Å². The Balaban J connectivity index is 2.43. The molecule has 0 aliphatic carbocycles. The molecule has 0 aliphatic rings. The van der Waals surface area contributed by atoms with Crippen molar-refractivity contribution in [1.82, 2.24) is 15.0 Å². The van der Waals surface area contributed by atoms with E-state index in [2.05, 4.69) is 10.3 Å². The van der Waals surface area contributed by atoms with Gasteiger partial charge in [0.25, 0.3) is 0 Å². The van der Waals surface area contributed by atoms with Crippen molar-refractivity contribution in [1.29, 1.82) is 0 Å². The van der Waals surface area contributed by atoms with Crippen molar-refractivity contribution in [3.8, 4) is 11.3 Å². The zero-order valence-electron chi connectivity index (χ0n) is 11.6. The van der Waals surface area contributed by atoms with Gasteiger partial charge in [-0.2, -0.15) is 0 Å². The Kier molecular flexibility index (Phi) is 4.84. The van der Waals surface area contributed by atoms with Crippen LogP contribution in [0.5, 0.6) is 0 Å². The first kappa shape index (κ1) is 14.2. The highest BCUT2D eigenvalue weighted by Crippen LogP contribution is 2.22. The second kappa shape index (κ2) is 6.81. The standard InChI is InChI=1S/C14H17N3O3/c1-3-20-14(18)12-13(11-7-5-4-6-8-11)17(16-15-12)9-10-19-2/h4-8H,3,9-10H2,1-2H3. The Morgan fingerprint density at radius 3 is 2.70 bits per heavy atom. The number of methoxy groups -OCH3 is 1. The summed E-state index contributed by atoms with van der Waals surface area (Å²) in [7, 11) is 1.62. The van der Waals surface area contributed by atoms with Gasteiger partial charge in [0.1, 0.15) is 5.69 Å². The van der Waals surface area contributed by atoms with E-state index in [-0.39, 0.29) is 5.69 Å². The van der Waals surface area contributed by atoms with E-state index in [1.807, 2.05) is 30.3 Å². The fourth-order valence-electron chi connectivity index (χ4n) is 1.87. The average Bonchev–Trinajstić information content (AvgIpc) is 2.90. The first-order valence-electron chi connectivity index (χ1n) is 6.43. The molecule has 0 spiro atoms. The molecule has 0 aliphatic heterocycles. The lowest BCUT2D eigenvalue weighted by Crippen LogP contribution is -2.10. The number of nitrogens with zero attached hydrogens (tertiary/aromatic N) is 3. The van der Waals surface area contributed by atoms with Crippen LogP contribution in [-0.4, -0.2) is 41.3 Å². The molecule has 1 heterocycles. The molecule has 0 saturated heterocycles. The summed E-state index contributed by atoms with van der Waals surface area (Å²) in [4.78, 5) is 12.0. The molecule has 0 bridgehead atoms. The molecule has 6 heteroatoms. The summed E-state index contributed by atoms with van der Waals surface area (Å²) in [5.74, 6) is -0.463. The molecule has 1 aromatic heterocycles. The van der Waals surface area contributed by atoms with Gasteiger partial charge < -0.3 is 9.47 Å². The van der Waals surface area contributed by atoms with E-state index in [0.29, 0.717) is 25.5 Å². The third-order valence-electron chi connectivity index (χ3n) is 2.76. The van der Waals surface area contributed by atoms with Crippen LogP contribution in [0.2, 0.25) is 0 Å². The van der Waals surface area contributed by atoms with Crippen LogP contribution in [0.15, 0.2) is 30.3 Å². The minimum atomic E-state index is -0.463. The SMILES string of the molecule is CCOC(=O)c1nnn(CCOC)c1-c1ccccc1. The van der Waals surface area contributed by atoms with Gasteiger partial charge >= 0.3 is 5.97 Å². The van der Waals surface area contributed by atoms with Gasteiger partial charge in [-0.15, -0.1) is 5.10 Å². The lowest BCUT2D eigenvalue weighted by Gasteiger charge is -2.07. The average molecular weight is 275 g/mol. The maximum Gasteiger partial charge on any atom is 0.361 e. The lowest BCUT2D eigenvalue weighted by atomic mass is 10.1. The summed E-state index contributed by atoms with van der Waals surface area (Å²) in [5, 5.41) is 7.97. The molecule has 0 unspecified atom stereocenters. The van der Waals surface area contributed by atoms with Gasteiger partial charge in [-0.25, -0.2) is 9.48 Å². The fraction of sp³-hybridized carbons (Fsp3) is 0.357. The molecule has 0 fully saturated rings. The molecular formula is C14H17N3O3. The Morgan fingerprint density at radius 1 is 1.30 bits per heavy atom. The van der Waals surface area contributed by atoms with E-state index in [0.717, 1.165) is 5.56 Å². The van der Waals surface area contributed by atoms with Crippen molar-refractivity contribution in [2.45, 2.75) is 13.5 Å². The molecule has 6 nitrogen and oxygen atoms in total. The number of carbonyl (C=O) groups excluding carboxylic acids is 1. The number of ether oxygens (including phenoxy) is 2. The number of carbonyl (C=O) groups is 1. The van der Waals surface area contributed by atoms with Gasteiger partial charge in [0, 0.05) is 12.7 Å². The number of hydrogen-bond acceptors (Lipinski definition) is 5. The van der Waals surface area contributed by atoms with Gasteiger partial charge in [0.2, 0.25) is 0 Å². The second-order valence-electron chi connectivity index (χ2n) is 4.09. The summed E-state index contributed by atoms with van der Waals surface area (Å²) in [5.41, 5.74) is 1.76. The summed E-state index contributed by atoms with van der Waals surface area (Å²) in [6, 6.07) is 9.53. The number of aromatic nitrogens is 3. The van der Waals surface area contributed by atoms with E-state index < -0.39 is 5.97 Å². The minimum Gasteiger partial charge on any atom is -0.461 e. The zero-order valence-corrected chi connectivity index (χ0v) is 11.6. The highest BCUT2D eigenvalue weighted by atomic mass is 16.5. The van der Waals surface area contributed by atoms with Crippen LogP contribution in [0.4, 0.5) is 0 Å². The maximum absolute atomic E-state index is 12.0. The highest BCUT2D eigenvalue weighted by molar-refractivity contribution is 5.94. The molecule has 106 valence electrons. The molecule has 0 saturated carbocycles. The summed E-state index contributed by atoms with van der Waals surface area (Å²) < 4.78 is 11.7. The van der Waals surface area contributed by atoms with E-state index in [9.17, 15) is 4.79 Å². The van der Waals surface area contributed by atoms with Crippen LogP contribution in [0, 0.1) is 0 Å². The van der Waals surface area contributed by atoms with E-state index in [1.54, 1.807) is 18.7 Å². The quantitative estimate of drug-likeness (QED) is 0.752. The van der Waals surface area contributed by atoms with Crippen LogP contribution in [0.1, 0.15) is 17.4 Å². The molecule has 20 heavy (non-hydrogen) atoms. The number of esters is 1. The molecule has 0 amide bonds. The largest absolute Gasteiger partial charge is 0.461 e. The Hall–Kier alpha value is -2.21. The molecule has 2 aromatic rings. The van der Waals surface area contributed by atoms with Gasteiger partial charge in [0.05, 0.1) is 19.8 Å². The van der Waals surface area contributed by atoms with Gasteiger partial charge in [0.15, 0.2) is 5.69 Å². The highest BCUT2D eigenvalue weighted by Gasteiger charge is 2.21. The van der Waals surface area contributed by atoms with Crippen molar-refractivity contribution in [2.24, 2.45) is 0 Å². The first-order chi connectivity index (χ1) is 9.77. The number of hydrogen-bond donors (Lipinski definition) is 0. The summed E-state index contributed by atoms with van der Waals surface area (Å²) >= 11 is 0. The minimum absolute atomic E-state index is 0.231. The van der Waals surface area contributed by atoms with Crippen molar-refractivity contribution in [3.05, 3.63) is 36.0 Å². The van der Waals surface area contributed by atoms with Crippen LogP contribution in [-0.2, 0) is 16.0 Å². The topological polar surface area (TPSA) is 66.2 Å².